The van der Waals surface area contributed by atoms with Crippen LogP contribution in [0, 0.1) is 11.6 Å². The van der Waals surface area contributed by atoms with Crippen molar-refractivity contribution in [1.29, 1.82) is 0 Å². The molecule has 3 nitrogen and oxygen atoms in total. The average Bonchev–Trinajstić information content (AvgIpc) is 3.67. The van der Waals surface area contributed by atoms with E-state index in [1.807, 2.05) is 109 Å². The molecule has 0 saturated carbocycles. The number of aromatic nitrogens is 2. The number of nitrogens with zero attached hydrogens (tertiary/aromatic N) is 2. The van der Waals surface area contributed by atoms with E-state index in [0.29, 0.717) is 16.8 Å². The van der Waals surface area contributed by atoms with Gasteiger partial charge >= 0.3 is 0 Å². The molecule has 0 aliphatic carbocycles. The summed E-state index contributed by atoms with van der Waals surface area (Å²) in [6.45, 7) is 0. The maximum atomic E-state index is 15.7. The average molecular weight is 599 g/mol. The molecule has 0 bridgehead atoms. The van der Waals surface area contributed by atoms with Gasteiger partial charge in [-0.1, -0.05) is 97.1 Å². The van der Waals surface area contributed by atoms with Crippen LogP contribution in [-0.4, -0.2) is 9.55 Å². The van der Waals surface area contributed by atoms with Gasteiger partial charge in [-0.15, -0.1) is 0 Å². The lowest BCUT2D eigenvalue weighted by Crippen LogP contribution is -2.03. The van der Waals surface area contributed by atoms with Gasteiger partial charge in [0.2, 0.25) is 0 Å². The van der Waals surface area contributed by atoms with E-state index in [2.05, 4.69) is 10.6 Å². The van der Waals surface area contributed by atoms with E-state index in [4.69, 9.17) is 9.40 Å². The zero-order valence-electron chi connectivity index (χ0n) is 24.4. The summed E-state index contributed by atoms with van der Waals surface area (Å²) in [6, 6.07) is 45.8. The van der Waals surface area contributed by atoms with E-state index >= 15 is 4.39 Å². The summed E-state index contributed by atoms with van der Waals surface area (Å²) in [5.74, 6) is 0.143. The summed E-state index contributed by atoms with van der Waals surface area (Å²) >= 11 is 0. The van der Waals surface area contributed by atoms with Crippen LogP contribution in [0.2, 0.25) is 0 Å². The highest BCUT2D eigenvalue weighted by molar-refractivity contribution is 6.11. The minimum Gasteiger partial charge on any atom is -0.455 e. The first-order valence-corrected chi connectivity index (χ1v) is 15.1. The number of hydrogen-bond donors (Lipinski definition) is 0. The van der Waals surface area contributed by atoms with Crippen molar-refractivity contribution in [3.05, 3.63) is 157 Å². The Hall–Kier alpha value is -6.07. The highest BCUT2D eigenvalue weighted by Gasteiger charge is 2.24. The fraction of sp³-hybridized carbons (Fsp3) is 0. The monoisotopic (exact) mass is 598 g/mol. The van der Waals surface area contributed by atoms with Crippen molar-refractivity contribution in [3.63, 3.8) is 0 Å². The predicted molar refractivity (Wildman–Crippen MR) is 182 cm³/mol. The molecule has 9 rings (SSSR count). The Morgan fingerprint density at radius 1 is 0.522 bits per heavy atom. The first kappa shape index (κ1) is 26.3. The van der Waals surface area contributed by atoms with Crippen LogP contribution in [-0.2, 0) is 0 Å². The second-order valence-electron chi connectivity index (χ2n) is 11.4. The van der Waals surface area contributed by atoms with E-state index in [1.54, 1.807) is 18.2 Å². The zero-order chi connectivity index (χ0) is 30.8. The number of hydrogen-bond acceptors (Lipinski definition) is 2. The summed E-state index contributed by atoms with van der Waals surface area (Å²) in [6.07, 6.45) is 0. The number of benzene rings is 7. The molecule has 0 N–H and O–H groups in total. The molecule has 0 spiro atoms. The van der Waals surface area contributed by atoms with Gasteiger partial charge in [0, 0.05) is 27.1 Å². The summed E-state index contributed by atoms with van der Waals surface area (Å²) in [5.41, 5.74) is 8.33. The Bertz CT molecular complexity index is 2600. The van der Waals surface area contributed by atoms with Crippen molar-refractivity contribution in [2.45, 2.75) is 0 Å². The summed E-state index contributed by atoms with van der Waals surface area (Å²) in [7, 11) is 0. The van der Waals surface area contributed by atoms with Gasteiger partial charge in [0.15, 0.2) is 0 Å². The van der Waals surface area contributed by atoms with Gasteiger partial charge in [-0.3, -0.25) is 4.57 Å². The number of fused-ring (bicyclic) bond motifs is 5. The normalized spacial score (nSPS) is 11.7. The number of para-hydroxylation sites is 3. The molecule has 0 aliphatic heterocycles. The molecular formula is C41H24F2N2O. The predicted octanol–water partition coefficient (Wildman–Crippen LogP) is 11.4. The van der Waals surface area contributed by atoms with Crippen molar-refractivity contribution in [2.24, 2.45) is 0 Å². The third kappa shape index (κ3) is 4.06. The van der Waals surface area contributed by atoms with Crippen LogP contribution in [0.4, 0.5) is 8.78 Å². The summed E-state index contributed by atoms with van der Waals surface area (Å²) < 4.78 is 38.1. The largest absolute Gasteiger partial charge is 0.455 e. The van der Waals surface area contributed by atoms with E-state index < -0.39 is 0 Å². The molecule has 0 saturated heterocycles. The molecule has 218 valence electrons. The zero-order valence-corrected chi connectivity index (χ0v) is 24.4. The molecule has 9 aromatic rings. The van der Waals surface area contributed by atoms with Crippen LogP contribution < -0.4 is 0 Å². The molecule has 2 aromatic heterocycles. The van der Waals surface area contributed by atoms with Gasteiger partial charge in [0.1, 0.15) is 28.6 Å². The molecule has 0 unspecified atom stereocenters. The molecule has 7 aromatic carbocycles. The standard InChI is InChI=1S/C41H24F2N2O/c42-28-20-17-25(18-21-28)27-19-22-30-32-13-8-14-33(40(32)46-38(30)23-27)41-44-36-15-6-7-16-37(36)45(41)39-31-12-5-4-11-29(31)35(43)24-34(39)26-9-2-1-3-10-26/h1-24H. The number of rotatable bonds is 4. The minimum atomic E-state index is -0.277. The van der Waals surface area contributed by atoms with E-state index in [-0.39, 0.29) is 11.6 Å². The second kappa shape index (κ2) is 10.2. The van der Waals surface area contributed by atoms with Gasteiger partial charge in [0.25, 0.3) is 0 Å². The molecule has 0 atom stereocenters. The lowest BCUT2D eigenvalue weighted by Gasteiger charge is -2.18. The molecule has 0 radical (unpaired) electrons. The van der Waals surface area contributed by atoms with Gasteiger partial charge in [-0.2, -0.15) is 0 Å². The highest BCUT2D eigenvalue weighted by atomic mass is 19.1. The number of halogens is 2. The maximum absolute atomic E-state index is 15.7. The molecular weight excluding hydrogens is 574 g/mol. The SMILES string of the molecule is Fc1ccc(-c2ccc3c(c2)oc2c(-c4nc5ccccc5n4-c4c(-c5ccccc5)cc(F)c5ccccc45)cccc23)cc1. The third-order valence-electron chi connectivity index (χ3n) is 8.75. The molecule has 5 heteroatoms. The number of furan rings is 1. The lowest BCUT2D eigenvalue weighted by molar-refractivity contribution is 0.628. The summed E-state index contributed by atoms with van der Waals surface area (Å²) in [5, 5.41) is 3.26. The molecule has 0 aliphatic rings. The molecule has 0 fully saturated rings. The molecule has 46 heavy (non-hydrogen) atoms. The van der Waals surface area contributed by atoms with E-state index in [1.165, 1.54) is 12.1 Å². The molecule has 2 heterocycles. The van der Waals surface area contributed by atoms with Crippen molar-refractivity contribution in [3.8, 4) is 39.3 Å². The number of imidazole rings is 1. The maximum Gasteiger partial charge on any atom is 0.149 e. The Labute approximate surface area is 262 Å². The van der Waals surface area contributed by atoms with Crippen molar-refractivity contribution in [2.75, 3.05) is 0 Å². The van der Waals surface area contributed by atoms with E-state index in [0.717, 1.165) is 66.3 Å². The quantitative estimate of drug-likeness (QED) is 0.202. The van der Waals surface area contributed by atoms with Crippen LogP contribution in [0.1, 0.15) is 0 Å². The Kier molecular flexibility index (Phi) is 5.87. The van der Waals surface area contributed by atoms with Gasteiger partial charge in [0.05, 0.1) is 22.3 Å². The van der Waals surface area contributed by atoms with Crippen molar-refractivity contribution < 1.29 is 13.2 Å². The van der Waals surface area contributed by atoms with Crippen LogP contribution in [0.3, 0.4) is 0 Å². The van der Waals surface area contributed by atoms with Gasteiger partial charge < -0.3 is 4.42 Å². The molecule has 0 amide bonds. The summed E-state index contributed by atoms with van der Waals surface area (Å²) in [4.78, 5) is 5.19. The van der Waals surface area contributed by atoms with Crippen LogP contribution in [0.15, 0.2) is 150 Å². The second-order valence-corrected chi connectivity index (χ2v) is 11.4. The van der Waals surface area contributed by atoms with Crippen LogP contribution in [0.5, 0.6) is 0 Å². The fourth-order valence-electron chi connectivity index (χ4n) is 6.62. The lowest BCUT2D eigenvalue weighted by atomic mass is 9.97. The Balaban J connectivity index is 1.36. The topological polar surface area (TPSA) is 31.0 Å². The Morgan fingerprint density at radius 3 is 2.09 bits per heavy atom. The first-order chi connectivity index (χ1) is 22.6. The van der Waals surface area contributed by atoms with Gasteiger partial charge in [-0.25, -0.2) is 13.8 Å². The smallest absolute Gasteiger partial charge is 0.149 e. The van der Waals surface area contributed by atoms with E-state index in [9.17, 15) is 4.39 Å². The van der Waals surface area contributed by atoms with Crippen LogP contribution in [0.25, 0.3) is 83.1 Å². The minimum absolute atomic E-state index is 0.273. The van der Waals surface area contributed by atoms with Crippen molar-refractivity contribution >= 4 is 43.7 Å². The fourth-order valence-corrected chi connectivity index (χ4v) is 6.62. The van der Waals surface area contributed by atoms with Crippen LogP contribution >= 0.6 is 0 Å². The highest BCUT2D eigenvalue weighted by Crippen LogP contribution is 2.42. The Morgan fingerprint density at radius 2 is 1.24 bits per heavy atom. The first-order valence-electron chi connectivity index (χ1n) is 15.1. The third-order valence-corrected chi connectivity index (χ3v) is 8.75. The van der Waals surface area contributed by atoms with Crippen molar-refractivity contribution in [1.82, 2.24) is 9.55 Å². The van der Waals surface area contributed by atoms with Gasteiger partial charge in [-0.05, 0) is 65.2 Å².